The summed E-state index contributed by atoms with van der Waals surface area (Å²) < 4.78 is 0. The molecule has 3 rings (SSSR count). The molecule has 25 heavy (non-hydrogen) atoms. The molecular formula is C18H15N3O3S. The fourth-order valence-corrected chi connectivity index (χ4v) is 3.09. The number of hydrogen-bond donors (Lipinski definition) is 1. The minimum Gasteiger partial charge on any atom is -0.352 e. The Morgan fingerprint density at radius 3 is 2.52 bits per heavy atom. The van der Waals surface area contributed by atoms with E-state index in [2.05, 4.69) is 10.3 Å². The van der Waals surface area contributed by atoms with Crippen LogP contribution in [0.5, 0.6) is 0 Å². The average Bonchev–Trinajstić information content (AvgIpc) is 3.11. The van der Waals surface area contributed by atoms with Crippen LogP contribution in [0.2, 0.25) is 0 Å². The largest absolute Gasteiger partial charge is 0.352 e. The molecule has 1 N–H and O–H groups in total. The van der Waals surface area contributed by atoms with E-state index in [-0.39, 0.29) is 11.6 Å². The van der Waals surface area contributed by atoms with Crippen LogP contribution in [0.25, 0.3) is 11.3 Å². The van der Waals surface area contributed by atoms with Gasteiger partial charge in [0.15, 0.2) is 0 Å². The summed E-state index contributed by atoms with van der Waals surface area (Å²) >= 11 is 1.56. The molecule has 0 spiro atoms. The van der Waals surface area contributed by atoms with Gasteiger partial charge >= 0.3 is 0 Å². The smallest absolute Gasteiger partial charge is 0.269 e. The molecule has 6 nitrogen and oxygen atoms in total. The summed E-state index contributed by atoms with van der Waals surface area (Å²) in [6, 6.07) is 15.5. The molecule has 0 atom stereocenters. The van der Waals surface area contributed by atoms with Crippen LogP contribution >= 0.6 is 11.3 Å². The first kappa shape index (κ1) is 16.8. The zero-order valence-electron chi connectivity index (χ0n) is 13.2. The monoisotopic (exact) mass is 353 g/mol. The van der Waals surface area contributed by atoms with Crippen molar-refractivity contribution in [3.05, 3.63) is 80.7 Å². The summed E-state index contributed by atoms with van der Waals surface area (Å²) in [6.07, 6.45) is 0.635. The Bertz CT molecular complexity index is 876. The molecular weight excluding hydrogens is 338 g/mol. The maximum Gasteiger partial charge on any atom is 0.269 e. The van der Waals surface area contributed by atoms with E-state index in [0.717, 1.165) is 16.3 Å². The van der Waals surface area contributed by atoms with E-state index in [1.54, 1.807) is 11.3 Å². The number of carbonyl (C=O) groups excluding carboxylic acids is 1. The van der Waals surface area contributed by atoms with Gasteiger partial charge < -0.3 is 5.32 Å². The van der Waals surface area contributed by atoms with Crippen molar-refractivity contribution in [1.29, 1.82) is 0 Å². The van der Waals surface area contributed by atoms with Gasteiger partial charge in [0.2, 0.25) is 0 Å². The molecule has 0 saturated heterocycles. The molecule has 3 aromatic rings. The number of nitrogens with one attached hydrogen (secondary N) is 1. The second-order valence-electron chi connectivity index (χ2n) is 5.30. The van der Waals surface area contributed by atoms with Crippen LogP contribution in [-0.4, -0.2) is 22.4 Å². The lowest BCUT2D eigenvalue weighted by Crippen LogP contribution is -2.25. The summed E-state index contributed by atoms with van der Waals surface area (Å²) in [5, 5.41) is 16.4. The maximum absolute atomic E-state index is 12.0. The molecule has 0 aliphatic heterocycles. The van der Waals surface area contributed by atoms with E-state index in [1.807, 2.05) is 35.7 Å². The zero-order valence-corrected chi connectivity index (χ0v) is 14.0. The molecule has 0 aliphatic rings. The minimum atomic E-state index is -0.492. The molecule has 1 aromatic heterocycles. The number of nitrogens with zero attached hydrogens (tertiary/aromatic N) is 2. The van der Waals surface area contributed by atoms with Gasteiger partial charge in [-0.3, -0.25) is 14.9 Å². The van der Waals surface area contributed by atoms with Crippen LogP contribution in [0.3, 0.4) is 0 Å². The summed E-state index contributed by atoms with van der Waals surface area (Å²) in [4.78, 5) is 26.7. The molecule has 0 fully saturated rings. The van der Waals surface area contributed by atoms with Gasteiger partial charge in [0.05, 0.1) is 15.6 Å². The number of hydrogen-bond acceptors (Lipinski definition) is 5. The molecule has 2 aromatic carbocycles. The number of benzene rings is 2. The van der Waals surface area contributed by atoms with E-state index in [0.29, 0.717) is 18.5 Å². The predicted octanol–water partition coefficient (Wildman–Crippen LogP) is 3.69. The molecule has 0 unspecified atom stereocenters. The van der Waals surface area contributed by atoms with Gasteiger partial charge in [-0.15, -0.1) is 11.3 Å². The topological polar surface area (TPSA) is 85.1 Å². The Morgan fingerprint density at radius 1 is 1.12 bits per heavy atom. The standard InChI is InChI=1S/C18H15N3O3S/c22-18(14-6-8-15(9-7-14)21(23)24)19-11-10-17-20-16(12-25-17)13-4-2-1-3-5-13/h1-9,12H,10-11H2,(H,19,22). The number of nitro benzene ring substituents is 1. The Morgan fingerprint density at radius 2 is 1.84 bits per heavy atom. The Kier molecular flexibility index (Phi) is 5.15. The van der Waals surface area contributed by atoms with Crippen molar-refractivity contribution in [2.24, 2.45) is 0 Å². The SMILES string of the molecule is O=C(NCCc1nc(-c2ccccc2)cs1)c1ccc([N+](=O)[O-])cc1. The first-order valence-corrected chi connectivity index (χ1v) is 8.54. The van der Waals surface area contributed by atoms with Crippen LogP contribution < -0.4 is 5.32 Å². The van der Waals surface area contributed by atoms with E-state index < -0.39 is 4.92 Å². The first-order chi connectivity index (χ1) is 12.1. The fourth-order valence-electron chi connectivity index (χ4n) is 2.29. The van der Waals surface area contributed by atoms with Gasteiger partial charge in [-0.1, -0.05) is 30.3 Å². The summed E-state index contributed by atoms with van der Waals surface area (Å²) in [6.45, 7) is 0.456. The summed E-state index contributed by atoms with van der Waals surface area (Å²) in [7, 11) is 0. The van der Waals surface area contributed by atoms with Crippen molar-refractivity contribution < 1.29 is 9.72 Å². The number of aromatic nitrogens is 1. The first-order valence-electron chi connectivity index (χ1n) is 7.66. The molecule has 0 radical (unpaired) electrons. The van der Waals surface area contributed by atoms with Gasteiger partial charge in [-0.25, -0.2) is 4.98 Å². The molecule has 0 bridgehead atoms. The summed E-state index contributed by atoms with van der Waals surface area (Å²) in [5.41, 5.74) is 2.37. The maximum atomic E-state index is 12.0. The number of thiazole rings is 1. The van der Waals surface area contributed by atoms with Crippen LogP contribution in [0.4, 0.5) is 5.69 Å². The van der Waals surface area contributed by atoms with Gasteiger partial charge in [0.25, 0.3) is 11.6 Å². The minimum absolute atomic E-state index is 0.0345. The Balaban J connectivity index is 1.53. The van der Waals surface area contributed by atoms with Crippen LogP contribution in [0.15, 0.2) is 60.0 Å². The highest BCUT2D eigenvalue weighted by atomic mass is 32.1. The third kappa shape index (κ3) is 4.27. The number of nitro groups is 1. The quantitative estimate of drug-likeness (QED) is 0.541. The number of non-ortho nitro benzene ring substituents is 1. The van der Waals surface area contributed by atoms with E-state index in [1.165, 1.54) is 24.3 Å². The Hall–Kier alpha value is -3.06. The number of rotatable bonds is 6. The molecule has 126 valence electrons. The van der Waals surface area contributed by atoms with Crippen molar-refractivity contribution in [2.75, 3.05) is 6.54 Å². The Labute approximate surface area is 148 Å². The van der Waals surface area contributed by atoms with E-state index in [4.69, 9.17) is 0 Å². The van der Waals surface area contributed by atoms with Crippen LogP contribution in [0, 0.1) is 10.1 Å². The molecule has 1 heterocycles. The lowest BCUT2D eigenvalue weighted by Gasteiger charge is -2.03. The van der Waals surface area contributed by atoms with E-state index in [9.17, 15) is 14.9 Å². The van der Waals surface area contributed by atoms with Gasteiger partial charge in [0.1, 0.15) is 0 Å². The van der Waals surface area contributed by atoms with Gasteiger partial charge in [-0.05, 0) is 12.1 Å². The molecule has 0 aliphatic carbocycles. The molecule has 7 heteroatoms. The number of amides is 1. The zero-order chi connectivity index (χ0) is 17.6. The normalized spacial score (nSPS) is 10.4. The lowest BCUT2D eigenvalue weighted by molar-refractivity contribution is -0.384. The van der Waals surface area contributed by atoms with Crippen molar-refractivity contribution in [1.82, 2.24) is 10.3 Å². The van der Waals surface area contributed by atoms with Crippen LogP contribution in [-0.2, 0) is 6.42 Å². The fraction of sp³-hybridized carbons (Fsp3) is 0.111. The second kappa shape index (κ2) is 7.67. The third-order valence-electron chi connectivity index (χ3n) is 3.59. The third-order valence-corrected chi connectivity index (χ3v) is 4.49. The van der Waals surface area contributed by atoms with Gasteiger partial charge in [0, 0.05) is 41.6 Å². The molecule has 1 amide bonds. The van der Waals surface area contributed by atoms with Crippen molar-refractivity contribution in [3.63, 3.8) is 0 Å². The predicted molar refractivity (Wildman–Crippen MR) is 96.7 cm³/mol. The van der Waals surface area contributed by atoms with Crippen molar-refractivity contribution in [2.45, 2.75) is 6.42 Å². The van der Waals surface area contributed by atoms with E-state index >= 15 is 0 Å². The van der Waals surface area contributed by atoms with Crippen molar-refractivity contribution in [3.8, 4) is 11.3 Å². The van der Waals surface area contributed by atoms with Gasteiger partial charge in [-0.2, -0.15) is 0 Å². The van der Waals surface area contributed by atoms with Crippen LogP contribution in [0.1, 0.15) is 15.4 Å². The highest BCUT2D eigenvalue weighted by molar-refractivity contribution is 7.09. The molecule has 0 saturated carbocycles. The average molecular weight is 353 g/mol. The summed E-state index contributed by atoms with van der Waals surface area (Å²) in [5.74, 6) is -0.255. The highest BCUT2D eigenvalue weighted by Crippen LogP contribution is 2.21. The van der Waals surface area contributed by atoms with Crippen molar-refractivity contribution >= 4 is 22.9 Å². The lowest BCUT2D eigenvalue weighted by atomic mass is 10.2. The highest BCUT2D eigenvalue weighted by Gasteiger charge is 2.10. The number of carbonyl (C=O) groups is 1. The second-order valence-corrected chi connectivity index (χ2v) is 6.25.